The third kappa shape index (κ3) is 2.34. The summed E-state index contributed by atoms with van der Waals surface area (Å²) >= 11 is 0. The maximum absolute atomic E-state index is 8.85. The Morgan fingerprint density at radius 2 is 2.18 bits per heavy atom. The molecule has 2 aromatic rings. The third-order valence-electron chi connectivity index (χ3n) is 2.35. The lowest BCUT2D eigenvalue weighted by Crippen LogP contribution is -2.39. The van der Waals surface area contributed by atoms with Crippen molar-refractivity contribution < 1.29 is 4.74 Å². The average molecular weight is 231 g/mol. The summed E-state index contributed by atoms with van der Waals surface area (Å²) in [5.41, 5.74) is 6.24. The van der Waals surface area contributed by atoms with Crippen LogP contribution in [0.5, 0.6) is 5.75 Å². The number of nitriles is 1. The van der Waals surface area contributed by atoms with Crippen molar-refractivity contribution in [2.75, 3.05) is 7.11 Å². The van der Waals surface area contributed by atoms with Crippen molar-refractivity contribution in [2.45, 2.75) is 19.0 Å². The van der Waals surface area contributed by atoms with Gasteiger partial charge < -0.3 is 10.5 Å². The van der Waals surface area contributed by atoms with E-state index in [2.05, 4.69) is 10.2 Å². The van der Waals surface area contributed by atoms with Crippen molar-refractivity contribution in [3.05, 3.63) is 18.2 Å². The number of nitrogens with two attached hydrogens (primary N) is 1. The van der Waals surface area contributed by atoms with Crippen LogP contribution in [0.1, 0.15) is 6.92 Å². The van der Waals surface area contributed by atoms with E-state index in [9.17, 15) is 0 Å². The first kappa shape index (κ1) is 11.4. The van der Waals surface area contributed by atoms with Gasteiger partial charge in [-0.25, -0.2) is 0 Å². The van der Waals surface area contributed by atoms with Gasteiger partial charge in [-0.15, -0.1) is 0 Å². The second kappa shape index (κ2) is 4.03. The number of rotatable bonds is 3. The Kier molecular flexibility index (Phi) is 2.69. The first-order valence-electron chi connectivity index (χ1n) is 5.13. The van der Waals surface area contributed by atoms with Gasteiger partial charge in [0.1, 0.15) is 22.3 Å². The molecule has 0 saturated heterocycles. The molecule has 2 N–H and O–H groups in total. The molecule has 88 valence electrons. The van der Waals surface area contributed by atoms with Crippen LogP contribution >= 0.6 is 0 Å². The van der Waals surface area contributed by atoms with Crippen molar-refractivity contribution >= 4 is 11.0 Å². The van der Waals surface area contributed by atoms with Gasteiger partial charge >= 0.3 is 0 Å². The van der Waals surface area contributed by atoms with Gasteiger partial charge in [-0.05, 0) is 19.1 Å². The summed E-state index contributed by atoms with van der Waals surface area (Å²) in [6.07, 6.45) is 0. The molecule has 0 radical (unpaired) electrons. The lowest BCUT2D eigenvalue weighted by atomic mass is 10.1. The van der Waals surface area contributed by atoms with Crippen molar-refractivity contribution in [3.63, 3.8) is 0 Å². The molecular weight excluding hydrogens is 218 g/mol. The second-order valence-electron chi connectivity index (χ2n) is 4.11. The van der Waals surface area contributed by atoms with Crippen LogP contribution < -0.4 is 10.5 Å². The fourth-order valence-electron chi connectivity index (χ4n) is 1.47. The molecule has 1 aromatic carbocycles. The number of methoxy groups -OCH3 is 1. The first-order chi connectivity index (χ1) is 8.04. The number of hydrogen-bond acceptors (Lipinski definition) is 5. The second-order valence-corrected chi connectivity index (χ2v) is 4.11. The van der Waals surface area contributed by atoms with Crippen LogP contribution in [0.3, 0.4) is 0 Å². The minimum absolute atomic E-state index is 0.250. The van der Waals surface area contributed by atoms with Crippen LogP contribution in [0.15, 0.2) is 18.2 Å². The van der Waals surface area contributed by atoms with E-state index in [0.29, 0.717) is 0 Å². The molecule has 0 saturated carbocycles. The number of hydrogen-bond donors (Lipinski definition) is 1. The summed E-state index contributed by atoms with van der Waals surface area (Å²) in [6, 6.07) is 7.43. The minimum Gasteiger partial charge on any atom is -0.497 e. The zero-order valence-electron chi connectivity index (χ0n) is 9.71. The fourth-order valence-corrected chi connectivity index (χ4v) is 1.47. The van der Waals surface area contributed by atoms with E-state index in [-0.39, 0.29) is 6.54 Å². The van der Waals surface area contributed by atoms with Gasteiger partial charge in [0.05, 0.1) is 19.7 Å². The minimum atomic E-state index is -0.973. The first-order valence-corrected chi connectivity index (χ1v) is 5.13. The van der Waals surface area contributed by atoms with Gasteiger partial charge in [-0.1, -0.05) is 0 Å². The zero-order chi connectivity index (χ0) is 12.5. The molecule has 0 aliphatic heterocycles. The largest absolute Gasteiger partial charge is 0.497 e. The summed E-state index contributed by atoms with van der Waals surface area (Å²) in [7, 11) is 1.60. The SMILES string of the molecule is COc1ccc2nn(CC(C)(N)C#N)nc2c1. The smallest absolute Gasteiger partial charge is 0.122 e. The highest BCUT2D eigenvalue weighted by atomic mass is 16.5. The van der Waals surface area contributed by atoms with Gasteiger partial charge in [-0.2, -0.15) is 20.3 Å². The van der Waals surface area contributed by atoms with Crippen molar-refractivity contribution in [2.24, 2.45) is 5.73 Å². The molecule has 0 bridgehead atoms. The topological polar surface area (TPSA) is 89.8 Å². The maximum atomic E-state index is 8.85. The van der Waals surface area contributed by atoms with Crippen LogP contribution in [0, 0.1) is 11.3 Å². The predicted octanol–water partition coefficient (Wildman–Crippen LogP) is 0.681. The molecule has 1 atom stereocenters. The number of benzene rings is 1. The van der Waals surface area contributed by atoms with Gasteiger partial charge in [-0.3, -0.25) is 0 Å². The Hall–Kier alpha value is -2.13. The van der Waals surface area contributed by atoms with Gasteiger partial charge in [0, 0.05) is 6.07 Å². The summed E-state index contributed by atoms with van der Waals surface area (Å²) in [4.78, 5) is 1.44. The Labute approximate surface area is 98.6 Å². The summed E-state index contributed by atoms with van der Waals surface area (Å²) in [6.45, 7) is 1.89. The summed E-state index contributed by atoms with van der Waals surface area (Å²) in [5, 5.41) is 17.3. The van der Waals surface area contributed by atoms with E-state index in [1.165, 1.54) is 4.80 Å². The van der Waals surface area contributed by atoms with E-state index in [0.717, 1.165) is 16.8 Å². The Bertz CT molecular complexity index is 581. The highest BCUT2D eigenvalue weighted by molar-refractivity contribution is 5.75. The van der Waals surface area contributed by atoms with Crippen molar-refractivity contribution in [1.82, 2.24) is 15.0 Å². The van der Waals surface area contributed by atoms with E-state index in [4.69, 9.17) is 15.7 Å². The molecule has 0 aliphatic rings. The highest BCUT2D eigenvalue weighted by Crippen LogP contribution is 2.17. The van der Waals surface area contributed by atoms with Crippen LogP contribution in [-0.2, 0) is 6.54 Å². The predicted molar refractivity (Wildman–Crippen MR) is 62.3 cm³/mol. The molecule has 0 aliphatic carbocycles. The molecule has 1 unspecified atom stereocenters. The van der Waals surface area contributed by atoms with Crippen molar-refractivity contribution in [1.29, 1.82) is 5.26 Å². The monoisotopic (exact) mass is 231 g/mol. The van der Waals surface area contributed by atoms with Crippen molar-refractivity contribution in [3.8, 4) is 11.8 Å². The fraction of sp³-hybridized carbons (Fsp3) is 0.364. The molecule has 1 heterocycles. The van der Waals surface area contributed by atoms with Crippen LogP contribution in [0.25, 0.3) is 11.0 Å². The van der Waals surface area contributed by atoms with Gasteiger partial charge in [0.25, 0.3) is 0 Å². The summed E-state index contributed by atoms with van der Waals surface area (Å²) in [5.74, 6) is 0.723. The van der Waals surface area contributed by atoms with Gasteiger partial charge in [0.15, 0.2) is 0 Å². The normalized spacial score (nSPS) is 14.2. The van der Waals surface area contributed by atoms with E-state index >= 15 is 0 Å². The Balaban J connectivity index is 2.35. The molecule has 0 amide bonds. The van der Waals surface area contributed by atoms with Crippen LogP contribution in [0.4, 0.5) is 0 Å². The Morgan fingerprint density at radius 3 is 2.82 bits per heavy atom. The van der Waals surface area contributed by atoms with E-state index < -0.39 is 5.54 Å². The average Bonchev–Trinajstić information content (AvgIpc) is 2.68. The molecule has 17 heavy (non-hydrogen) atoms. The molecule has 6 heteroatoms. The van der Waals surface area contributed by atoms with Gasteiger partial charge in [0.2, 0.25) is 0 Å². The van der Waals surface area contributed by atoms with Crippen LogP contribution in [-0.4, -0.2) is 27.6 Å². The Morgan fingerprint density at radius 1 is 1.47 bits per heavy atom. The zero-order valence-corrected chi connectivity index (χ0v) is 9.71. The van der Waals surface area contributed by atoms with Crippen LogP contribution in [0.2, 0.25) is 0 Å². The quantitative estimate of drug-likeness (QED) is 0.838. The molecule has 6 nitrogen and oxygen atoms in total. The number of nitrogens with zero attached hydrogens (tertiary/aromatic N) is 4. The third-order valence-corrected chi connectivity index (χ3v) is 2.35. The lowest BCUT2D eigenvalue weighted by molar-refractivity contribution is 0.415. The molecule has 1 aromatic heterocycles. The number of ether oxygens (including phenoxy) is 1. The highest BCUT2D eigenvalue weighted by Gasteiger charge is 2.19. The number of fused-ring (bicyclic) bond motifs is 1. The maximum Gasteiger partial charge on any atom is 0.122 e. The van der Waals surface area contributed by atoms with E-state index in [1.807, 2.05) is 18.2 Å². The molecule has 2 rings (SSSR count). The summed E-state index contributed by atoms with van der Waals surface area (Å²) < 4.78 is 5.10. The molecule has 0 spiro atoms. The number of aromatic nitrogens is 3. The lowest BCUT2D eigenvalue weighted by Gasteiger charge is -2.13. The van der Waals surface area contributed by atoms with E-state index in [1.54, 1.807) is 20.1 Å². The molecular formula is C11H13N5O. The molecule has 0 fully saturated rings. The standard InChI is InChI=1S/C11H13N5O/c1-11(13,6-12)7-16-14-9-4-3-8(17-2)5-10(9)15-16/h3-5H,7,13H2,1-2H3.